The molecule has 1 N–H and O–H groups in total. The summed E-state index contributed by atoms with van der Waals surface area (Å²) in [4.78, 5) is 10.8. The van der Waals surface area contributed by atoms with Gasteiger partial charge in [0.15, 0.2) is 29.8 Å². The first-order chi connectivity index (χ1) is 8.45. The van der Waals surface area contributed by atoms with Crippen molar-refractivity contribution in [1.82, 2.24) is 0 Å². The number of rotatable bonds is 4. The van der Waals surface area contributed by atoms with Crippen molar-refractivity contribution in [3.8, 4) is 0 Å². The van der Waals surface area contributed by atoms with Gasteiger partial charge < -0.3 is 10.1 Å². The molecule has 0 fully saturated rings. The second-order valence-corrected chi connectivity index (χ2v) is 3.73. The number of Topliss-reactive ketones (excluding diaryl/α,β-unsaturated/α-hetero) is 1. The highest BCUT2D eigenvalue weighted by atomic mass is 35.5. The standard InChI is InChI=1S/C10H7ClF3NO2S/c11-3-5(16)4-17-10(18)15-7-2-1-6(12)8(13)9(7)14/h1-2H,3-4H2,(H,15,18). The topological polar surface area (TPSA) is 38.3 Å². The molecule has 8 heteroatoms. The fourth-order valence-corrected chi connectivity index (χ4v) is 1.20. The smallest absolute Gasteiger partial charge is 0.261 e. The second kappa shape index (κ2) is 6.55. The van der Waals surface area contributed by atoms with E-state index in [0.717, 1.165) is 12.1 Å². The van der Waals surface area contributed by atoms with E-state index < -0.39 is 28.9 Å². The number of thiocarbonyl (C=S) groups is 1. The number of hydrogen-bond donors (Lipinski definition) is 1. The van der Waals surface area contributed by atoms with Gasteiger partial charge in [0.25, 0.3) is 5.17 Å². The monoisotopic (exact) mass is 297 g/mol. The lowest BCUT2D eigenvalue weighted by Crippen LogP contribution is -2.20. The minimum atomic E-state index is -1.63. The minimum Gasteiger partial charge on any atom is -0.463 e. The summed E-state index contributed by atoms with van der Waals surface area (Å²) in [5.74, 6) is -5.04. The molecule has 1 aromatic carbocycles. The number of nitrogens with one attached hydrogen (secondary N) is 1. The van der Waals surface area contributed by atoms with E-state index in [1.165, 1.54) is 0 Å². The number of anilines is 1. The molecule has 0 unspecified atom stereocenters. The quantitative estimate of drug-likeness (QED) is 0.527. The zero-order chi connectivity index (χ0) is 13.7. The van der Waals surface area contributed by atoms with Gasteiger partial charge in [-0.2, -0.15) is 0 Å². The first-order valence-corrected chi connectivity index (χ1v) is 5.55. The zero-order valence-corrected chi connectivity index (χ0v) is 10.4. The SMILES string of the molecule is O=C(CCl)COC(=S)Nc1ccc(F)c(F)c1F. The van der Waals surface area contributed by atoms with E-state index >= 15 is 0 Å². The fourth-order valence-electron chi connectivity index (χ4n) is 0.953. The van der Waals surface area contributed by atoms with Gasteiger partial charge in [-0.15, -0.1) is 11.6 Å². The summed E-state index contributed by atoms with van der Waals surface area (Å²) >= 11 is 9.84. The molecule has 0 radical (unpaired) electrons. The molecule has 18 heavy (non-hydrogen) atoms. The molecular weight excluding hydrogens is 291 g/mol. The molecule has 0 saturated heterocycles. The highest BCUT2D eigenvalue weighted by Gasteiger charge is 2.14. The Morgan fingerprint density at radius 2 is 2.00 bits per heavy atom. The molecule has 1 rings (SSSR count). The molecule has 0 atom stereocenters. The van der Waals surface area contributed by atoms with Crippen LogP contribution in [0, 0.1) is 17.5 Å². The van der Waals surface area contributed by atoms with Gasteiger partial charge in [-0.25, -0.2) is 13.2 Å². The summed E-state index contributed by atoms with van der Waals surface area (Å²) in [5, 5.41) is 1.84. The average Bonchev–Trinajstić information content (AvgIpc) is 2.36. The van der Waals surface area contributed by atoms with Gasteiger partial charge in [0.2, 0.25) is 0 Å². The van der Waals surface area contributed by atoms with Crippen LogP contribution in [0.5, 0.6) is 0 Å². The third-order valence-corrected chi connectivity index (χ3v) is 2.30. The Balaban J connectivity index is 2.65. The largest absolute Gasteiger partial charge is 0.463 e. The number of halogens is 4. The summed E-state index contributed by atoms with van der Waals surface area (Å²) in [6.45, 7) is -0.388. The van der Waals surface area contributed by atoms with Crippen LogP contribution in [-0.2, 0) is 9.53 Å². The van der Waals surface area contributed by atoms with E-state index in [1.54, 1.807) is 0 Å². The van der Waals surface area contributed by atoms with Crippen LogP contribution in [0.1, 0.15) is 0 Å². The molecule has 1 aromatic rings. The molecule has 0 saturated carbocycles. The number of hydrogen-bond acceptors (Lipinski definition) is 3. The van der Waals surface area contributed by atoms with E-state index in [9.17, 15) is 18.0 Å². The molecule has 0 aliphatic carbocycles. The normalized spacial score (nSPS) is 10.0. The third kappa shape index (κ3) is 3.85. The lowest BCUT2D eigenvalue weighted by Gasteiger charge is -2.09. The molecule has 98 valence electrons. The average molecular weight is 298 g/mol. The van der Waals surface area contributed by atoms with Crippen LogP contribution in [0.2, 0.25) is 0 Å². The molecular formula is C10H7ClF3NO2S. The Labute approximate surface area is 111 Å². The summed E-state index contributed by atoms with van der Waals surface area (Å²) < 4.78 is 43.4. The molecule has 0 amide bonds. The van der Waals surface area contributed by atoms with Crippen molar-refractivity contribution in [1.29, 1.82) is 0 Å². The number of ether oxygens (including phenoxy) is 1. The lowest BCUT2D eigenvalue weighted by atomic mass is 10.3. The van der Waals surface area contributed by atoms with Gasteiger partial charge >= 0.3 is 0 Å². The highest BCUT2D eigenvalue weighted by molar-refractivity contribution is 7.80. The van der Waals surface area contributed by atoms with Crippen LogP contribution in [0.25, 0.3) is 0 Å². The third-order valence-electron chi connectivity index (χ3n) is 1.79. The van der Waals surface area contributed by atoms with Gasteiger partial charge in [-0.3, -0.25) is 4.79 Å². The number of carbonyl (C=O) groups is 1. The Kier molecular flexibility index (Phi) is 5.36. The van der Waals surface area contributed by atoms with E-state index in [4.69, 9.17) is 16.3 Å². The van der Waals surface area contributed by atoms with Crippen LogP contribution < -0.4 is 5.32 Å². The van der Waals surface area contributed by atoms with Crippen LogP contribution in [0.15, 0.2) is 12.1 Å². The molecule has 0 aliphatic heterocycles. The number of ketones is 1. The fraction of sp³-hybridized carbons (Fsp3) is 0.200. The first kappa shape index (κ1) is 14.7. The van der Waals surface area contributed by atoms with Crippen molar-refractivity contribution in [3.63, 3.8) is 0 Å². The van der Waals surface area contributed by atoms with E-state index in [1.807, 2.05) is 0 Å². The summed E-state index contributed by atoms with van der Waals surface area (Å²) in [5.41, 5.74) is -0.391. The predicted molar refractivity (Wildman–Crippen MR) is 64.2 cm³/mol. The van der Waals surface area contributed by atoms with Crippen LogP contribution in [-0.4, -0.2) is 23.4 Å². The first-order valence-electron chi connectivity index (χ1n) is 4.60. The minimum absolute atomic E-state index is 0.248. The van der Waals surface area contributed by atoms with Crippen molar-refractivity contribution in [2.75, 3.05) is 17.8 Å². The maximum absolute atomic E-state index is 13.2. The summed E-state index contributed by atoms with van der Waals surface area (Å²) in [7, 11) is 0. The van der Waals surface area contributed by atoms with Crippen molar-refractivity contribution in [3.05, 3.63) is 29.6 Å². The Bertz CT molecular complexity index is 484. The van der Waals surface area contributed by atoms with E-state index in [2.05, 4.69) is 17.5 Å². The Hall–Kier alpha value is -1.34. The molecule has 3 nitrogen and oxygen atoms in total. The van der Waals surface area contributed by atoms with Gasteiger partial charge in [-0.1, -0.05) is 0 Å². The summed E-state index contributed by atoms with van der Waals surface area (Å²) in [6.07, 6.45) is 0. The Morgan fingerprint density at radius 3 is 2.61 bits per heavy atom. The van der Waals surface area contributed by atoms with Crippen LogP contribution in [0.3, 0.4) is 0 Å². The summed E-state index contributed by atoms with van der Waals surface area (Å²) in [6, 6.07) is 1.68. The van der Waals surface area contributed by atoms with Crippen molar-refractivity contribution in [2.24, 2.45) is 0 Å². The molecule has 0 spiro atoms. The number of alkyl halides is 1. The van der Waals surface area contributed by atoms with Crippen LogP contribution in [0.4, 0.5) is 18.9 Å². The number of carbonyl (C=O) groups excluding carboxylic acids is 1. The highest BCUT2D eigenvalue weighted by Crippen LogP contribution is 2.19. The van der Waals surface area contributed by atoms with E-state index in [0.29, 0.717) is 0 Å². The molecule has 0 aromatic heterocycles. The van der Waals surface area contributed by atoms with Gasteiger partial charge in [-0.05, 0) is 24.4 Å². The molecule has 0 aliphatic rings. The molecule has 0 bridgehead atoms. The van der Waals surface area contributed by atoms with E-state index in [-0.39, 0.29) is 17.7 Å². The maximum Gasteiger partial charge on any atom is 0.261 e. The second-order valence-electron chi connectivity index (χ2n) is 3.10. The predicted octanol–water partition coefficient (Wildman–Crippen LogP) is 2.63. The van der Waals surface area contributed by atoms with Gasteiger partial charge in [0.1, 0.15) is 0 Å². The van der Waals surface area contributed by atoms with Gasteiger partial charge in [0, 0.05) is 0 Å². The van der Waals surface area contributed by atoms with Crippen molar-refractivity contribution < 1.29 is 22.7 Å². The van der Waals surface area contributed by atoms with Gasteiger partial charge in [0.05, 0.1) is 11.6 Å². The van der Waals surface area contributed by atoms with Crippen LogP contribution >= 0.6 is 23.8 Å². The molecule has 0 heterocycles. The lowest BCUT2D eigenvalue weighted by molar-refractivity contribution is -0.118. The Morgan fingerprint density at radius 1 is 1.33 bits per heavy atom. The van der Waals surface area contributed by atoms with Crippen molar-refractivity contribution >= 4 is 40.5 Å². The zero-order valence-electron chi connectivity index (χ0n) is 8.81. The maximum atomic E-state index is 13.2. The van der Waals surface area contributed by atoms with Crippen molar-refractivity contribution in [2.45, 2.75) is 0 Å². The number of benzene rings is 1.